The number of aromatic nitrogens is 2. The van der Waals surface area contributed by atoms with Crippen LogP contribution in [0.3, 0.4) is 0 Å². The van der Waals surface area contributed by atoms with Gasteiger partial charge in [0.1, 0.15) is 29.9 Å². The van der Waals surface area contributed by atoms with Gasteiger partial charge in [-0.25, -0.2) is 8.78 Å². The average molecular weight is 596 g/mol. The number of rotatable bonds is 5. The van der Waals surface area contributed by atoms with Gasteiger partial charge in [-0.2, -0.15) is 9.97 Å². The van der Waals surface area contributed by atoms with E-state index in [0.717, 1.165) is 57.2 Å². The molecule has 0 saturated carbocycles. The zero-order chi connectivity index (χ0) is 30.0. The molecule has 4 aliphatic rings. The number of ether oxygens (including phenoxy) is 1. The highest BCUT2D eigenvalue weighted by Gasteiger charge is 2.49. The number of halogens is 2. The van der Waals surface area contributed by atoms with Crippen LogP contribution in [0.1, 0.15) is 37.7 Å². The molecule has 9 heteroatoms. The predicted molar refractivity (Wildman–Crippen MR) is 167 cm³/mol. The van der Waals surface area contributed by atoms with Crippen molar-refractivity contribution in [3.05, 3.63) is 53.8 Å². The van der Waals surface area contributed by atoms with Gasteiger partial charge >= 0.3 is 6.01 Å². The lowest BCUT2D eigenvalue weighted by Crippen LogP contribution is -2.43. The van der Waals surface area contributed by atoms with E-state index < -0.39 is 12.0 Å². The number of terminal acetylenes is 1. The van der Waals surface area contributed by atoms with Crippen molar-refractivity contribution >= 4 is 27.5 Å². The monoisotopic (exact) mass is 595 g/mol. The minimum Gasteiger partial charge on any atom is -0.508 e. The number of nitrogens with zero attached hydrogens (tertiary/aromatic N) is 4. The Balaban J connectivity index is 1.26. The van der Waals surface area contributed by atoms with Gasteiger partial charge in [0.15, 0.2) is 5.82 Å². The van der Waals surface area contributed by atoms with Gasteiger partial charge in [0, 0.05) is 54.0 Å². The van der Waals surface area contributed by atoms with E-state index in [1.54, 1.807) is 18.2 Å². The molecule has 226 valence electrons. The van der Waals surface area contributed by atoms with E-state index >= 15 is 4.39 Å². The molecular formula is C35H35F2N5O2. The van der Waals surface area contributed by atoms with Gasteiger partial charge in [0.05, 0.1) is 5.54 Å². The van der Waals surface area contributed by atoms with E-state index in [-0.39, 0.29) is 35.0 Å². The molecular weight excluding hydrogens is 560 g/mol. The van der Waals surface area contributed by atoms with Crippen LogP contribution in [-0.4, -0.2) is 77.1 Å². The van der Waals surface area contributed by atoms with Gasteiger partial charge in [-0.05, 0) is 79.9 Å². The number of hydrogen-bond donors (Lipinski definition) is 2. The quantitative estimate of drug-likeness (QED) is 0.299. The molecule has 0 aliphatic carbocycles. The fraction of sp³-hybridized carbons (Fsp3) is 0.429. The molecule has 4 saturated heterocycles. The third kappa shape index (κ3) is 4.46. The third-order valence-electron chi connectivity index (χ3n) is 10.3. The van der Waals surface area contributed by atoms with Crippen molar-refractivity contribution in [3.8, 4) is 35.2 Å². The maximum atomic E-state index is 16.8. The highest BCUT2D eigenvalue weighted by molar-refractivity contribution is 6.04. The SMILES string of the molecule is C#Cc1cccc2cc(O)cc(-c3ccc4c(N5CC6CCCNC6C5)nc(OC[C@@]56CCCN5C[C@H](F)C6)nc4c3F)c12. The zero-order valence-corrected chi connectivity index (χ0v) is 24.5. The van der Waals surface area contributed by atoms with E-state index in [4.69, 9.17) is 16.1 Å². The van der Waals surface area contributed by atoms with Crippen LogP contribution in [0.25, 0.3) is 32.8 Å². The number of fused-ring (bicyclic) bond motifs is 4. The number of phenols is 1. The molecule has 2 unspecified atom stereocenters. The van der Waals surface area contributed by atoms with E-state index in [1.165, 1.54) is 0 Å². The van der Waals surface area contributed by atoms with Crippen molar-refractivity contribution in [2.45, 2.75) is 49.9 Å². The Kier molecular flexibility index (Phi) is 6.61. The molecule has 4 aliphatic heterocycles. The first-order valence-corrected chi connectivity index (χ1v) is 15.7. The van der Waals surface area contributed by atoms with E-state index in [1.807, 2.05) is 24.3 Å². The van der Waals surface area contributed by atoms with E-state index in [0.29, 0.717) is 52.6 Å². The first-order chi connectivity index (χ1) is 21.4. The van der Waals surface area contributed by atoms with Gasteiger partial charge < -0.3 is 20.1 Å². The molecule has 4 aromatic rings. The number of phenolic OH excluding ortho intramolecular Hbond substituents is 1. The molecule has 1 aromatic heterocycles. The summed E-state index contributed by atoms with van der Waals surface area (Å²) in [6, 6.07) is 12.7. The summed E-state index contributed by atoms with van der Waals surface area (Å²) in [7, 11) is 0. The second-order valence-electron chi connectivity index (χ2n) is 12.9. The molecule has 4 fully saturated rings. The third-order valence-corrected chi connectivity index (χ3v) is 10.3. The molecule has 5 heterocycles. The molecule has 0 spiro atoms. The number of anilines is 1. The van der Waals surface area contributed by atoms with Gasteiger partial charge in [0.25, 0.3) is 0 Å². The summed E-state index contributed by atoms with van der Waals surface area (Å²) >= 11 is 0. The minimum absolute atomic E-state index is 0.0174. The molecule has 0 amide bonds. The van der Waals surface area contributed by atoms with Crippen molar-refractivity contribution in [2.24, 2.45) is 5.92 Å². The van der Waals surface area contributed by atoms with E-state index in [9.17, 15) is 9.50 Å². The molecule has 0 radical (unpaired) electrons. The molecule has 4 atom stereocenters. The zero-order valence-electron chi connectivity index (χ0n) is 24.5. The van der Waals surface area contributed by atoms with Crippen molar-refractivity contribution in [2.75, 3.05) is 44.2 Å². The maximum absolute atomic E-state index is 16.8. The van der Waals surface area contributed by atoms with Crippen molar-refractivity contribution < 1.29 is 18.6 Å². The highest BCUT2D eigenvalue weighted by Crippen LogP contribution is 2.42. The molecule has 7 nitrogen and oxygen atoms in total. The highest BCUT2D eigenvalue weighted by atomic mass is 19.1. The number of alkyl halides is 1. The van der Waals surface area contributed by atoms with E-state index in [2.05, 4.69) is 26.0 Å². The maximum Gasteiger partial charge on any atom is 0.319 e. The van der Waals surface area contributed by atoms with Crippen LogP contribution in [0.2, 0.25) is 0 Å². The number of aromatic hydroxyl groups is 1. The van der Waals surface area contributed by atoms with Crippen molar-refractivity contribution in [1.82, 2.24) is 20.2 Å². The Hall–Kier alpha value is -4.00. The van der Waals surface area contributed by atoms with Crippen LogP contribution in [-0.2, 0) is 0 Å². The number of benzene rings is 3. The van der Waals surface area contributed by atoms with Crippen LogP contribution in [0.15, 0.2) is 42.5 Å². The van der Waals surface area contributed by atoms with Crippen LogP contribution in [0.5, 0.6) is 11.8 Å². The van der Waals surface area contributed by atoms with Gasteiger partial charge in [0.2, 0.25) is 0 Å². The Morgan fingerprint density at radius 1 is 1.11 bits per heavy atom. The Morgan fingerprint density at radius 2 is 2.02 bits per heavy atom. The summed E-state index contributed by atoms with van der Waals surface area (Å²) in [5.41, 5.74) is 1.16. The number of hydrogen-bond acceptors (Lipinski definition) is 7. The summed E-state index contributed by atoms with van der Waals surface area (Å²) < 4.78 is 37.6. The summed E-state index contributed by atoms with van der Waals surface area (Å²) in [6.07, 6.45) is 9.52. The average Bonchev–Trinajstić information content (AvgIpc) is 3.71. The largest absolute Gasteiger partial charge is 0.508 e. The van der Waals surface area contributed by atoms with Crippen molar-refractivity contribution in [1.29, 1.82) is 0 Å². The fourth-order valence-corrected chi connectivity index (χ4v) is 8.25. The Labute approximate surface area is 255 Å². The first kappa shape index (κ1) is 27.5. The number of piperidine rings is 1. The molecule has 2 N–H and O–H groups in total. The van der Waals surface area contributed by atoms with Gasteiger partial charge in [-0.3, -0.25) is 4.90 Å². The molecule has 44 heavy (non-hydrogen) atoms. The lowest BCUT2D eigenvalue weighted by molar-refractivity contribution is 0.107. The molecule has 8 rings (SSSR count). The summed E-state index contributed by atoms with van der Waals surface area (Å²) in [6.45, 7) is 4.12. The predicted octanol–water partition coefficient (Wildman–Crippen LogP) is 5.42. The summed E-state index contributed by atoms with van der Waals surface area (Å²) in [5, 5.41) is 16.2. The Morgan fingerprint density at radius 3 is 2.89 bits per heavy atom. The molecule has 3 aromatic carbocycles. The van der Waals surface area contributed by atoms with Gasteiger partial charge in [-0.1, -0.05) is 24.1 Å². The lowest BCUT2D eigenvalue weighted by atomic mass is 9.93. The standard InChI is InChI=1S/C35H35F2N5O2/c1-2-21-6-3-7-22-14-25(43)15-28(30(21)22)26-9-10-27-32(31(26)37)39-34(44-20-35-11-5-13-42(35)18-24(36)16-35)40-33(27)41-17-23-8-4-12-38-29(23)19-41/h1,3,6-7,9-10,14-15,23-24,29,38,43H,4-5,8,11-13,16-20H2/t23?,24-,29?,35+/m1/s1. The summed E-state index contributed by atoms with van der Waals surface area (Å²) in [5.74, 6) is 3.33. The second kappa shape index (κ2) is 10.6. The molecule has 0 bridgehead atoms. The summed E-state index contributed by atoms with van der Waals surface area (Å²) in [4.78, 5) is 13.9. The normalized spacial score (nSPS) is 26.7. The second-order valence-corrected chi connectivity index (χ2v) is 12.9. The van der Waals surface area contributed by atoms with Crippen LogP contribution in [0.4, 0.5) is 14.6 Å². The fourth-order valence-electron chi connectivity index (χ4n) is 8.25. The van der Waals surface area contributed by atoms with Crippen molar-refractivity contribution in [3.63, 3.8) is 0 Å². The van der Waals surface area contributed by atoms with Crippen LogP contribution >= 0.6 is 0 Å². The Bertz CT molecular complexity index is 1810. The van der Waals surface area contributed by atoms with Crippen LogP contribution in [0, 0.1) is 24.1 Å². The van der Waals surface area contributed by atoms with Gasteiger partial charge in [-0.15, -0.1) is 6.42 Å². The topological polar surface area (TPSA) is 73.8 Å². The first-order valence-electron chi connectivity index (χ1n) is 15.7. The number of nitrogens with one attached hydrogen (secondary N) is 1. The lowest BCUT2D eigenvalue weighted by Gasteiger charge is -2.31. The smallest absolute Gasteiger partial charge is 0.319 e. The minimum atomic E-state index is -0.877. The van der Waals surface area contributed by atoms with Crippen LogP contribution < -0.4 is 15.0 Å².